The first-order valence-electron chi connectivity index (χ1n) is 8.40. The van der Waals surface area contributed by atoms with Crippen molar-refractivity contribution in [1.82, 2.24) is 0 Å². The highest BCUT2D eigenvalue weighted by atomic mass is 35.5. The molecular weight excluding hydrogens is 352 g/mol. The van der Waals surface area contributed by atoms with Crippen molar-refractivity contribution in [1.29, 1.82) is 5.26 Å². The van der Waals surface area contributed by atoms with Gasteiger partial charge in [0.15, 0.2) is 0 Å². The van der Waals surface area contributed by atoms with Crippen LogP contribution in [0.25, 0.3) is 6.08 Å². The molecule has 1 atom stereocenters. The highest BCUT2D eigenvalue weighted by Gasteiger charge is 2.25. The minimum absolute atomic E-state index is 0.248. The van der Waals surface area contributed by atoms with Gasteiger partial charge in [-0.15, -0.1) is 11.3 Å². The lowest BCUT2D eigenvalue weighted by Crippen LogP contribution is -2.12. The molecule has 0 saturated heterocycles. The number of rotatable bonds is 4. The largest absolute Gasteiger partial charge is 0.313 e. The summed E-state index contributed by atoms with van der Waals surface area (Å²) in [6, 6.07) is 9.62. The van der Waals surface area contributed by atoms with Gasteiger partial charge in [-0.1, -0.05) is 43.1 Å². The number of hydrogen-bond donors (Lipinski definition) is 1. The SMILES string of the molecule is CC[C@@H]1CCc2c(sc(NC(=O)/C=C\c3ccccc3Cl)c2C#N)C1. The first-order valence-corrected chi connectivity index (χ1v) is 9.60. The van der Waals surface area contributed by atoms with Crippen molar-refractivity contribution in [3.63, 3.8) is 0 Å². The Balaban J connectivity index is 1.77. The molecule has 128 valence electrons. The molecule has 0 bridgehead atoms. The number of benzene rings is 1. The topological polar surface area (TPSA) is 52.9 Å². The van der Waals surface area contributed by atoms with Crippen LogP contribution >= 0.6 is 22.9 Å². The van der Waals surface area contributed by atoms with E-state index < -0.39 is 0 Å². The fourth-order valence-corrected chi connectivity index (χ4v) is 4.65. The summed E-state index contributed by atoms with van der Waals surface area (Å²) >= 11 is 7.63. The number of anilines is 1. The Morgan fingerprint density at radius 1 is 1.48 bits per heavy atom. The van der Waals surface area contributed by atoms with Crippen molar-refractivity contribution >= 4 is 39.9 Å². The Morgan fingerprint density at radius 2 is 2.28 bits per heavy atom. The zero-order valence-electron chi connectivity index (χ0n) is 14.0. The van der Waals surface area contributed by atoms with Gasteiger partial charge in [-0.25, -0.2) is 0 Å². The van der Waals surface area contributed by atoms with Crippen molar-refractivity contribution < 1.29 is 4.79 Å². The number of nitrogens with one attached hydrogen (secondary N) is 1. The Morgan fingerprint density at radius 3 is 3.00 bits per heavy atom. The van der Waals surface area contributed by atoms with Gasteiger partial charge >= 0.3 is 0 Å². The molecule has 1 amide bonds. The van der Waals surface area contributed by atoms with E-state index >= 15 is 0 Å². The van der Waals surface area contributed by atoms with Crippen LogP contribution in [0.2, 0.25) is 5.02 Å². The van der Waals surface area contributed by atoms with Crippen LogP contribution in [0.5, 0.6) is 0 Å². The molecular formula is C20H19ClN2OS. The van der Waals surface area contributed by atoms with Crippen LogP contribution in [-0.4, -0.2) is 5.91 Å². The summed E-state index contributed by atoms with van der Waals surface area (Å²) in [7, 11) is 0. The number of fused-ring (bicyclic) bond motifs is 1. The Labute approximate surface area is 156 Å². The molecule has 3 nitrogen and oxygen atoms in total. The van der Waals surface area contributed by atoms with Gasteiger partial charge in [0, 0.05) is 16.0 Å². The molecule has 3 rings (SSSR count). The molecule has 1 aliphatic rings. The van der Waals surface area contributed by atoms with Crippen LogP contribution in [-0.2, 0) is 17.6 Å². The molecule has 5 heteroatoms. The number of nitriles is 1. The second-order valence-electron chi connectivity index (χ2n) is 6.18. The van der Waals surface area contributed by atoms with Crippen LogP contribution in [0.1, 0.15) is 41.3 Å². The van der Waals surface area contributed by atoms with Crippen LogP contribution < -0.4 is 5.32 Å². The summed E-state index contributed by atoms with van der Waals surface area (Å²) in [6.45, 7) is 2.21. The standard InChI is InChI=1S/C20H19ClN2OS/c1-2-13-7-9-15-16(12-22)20(25-18(15)11-13)23-19(24)10-8-14-5-3-4-6-17(14)21/h3-6,8,10,13H,2,7,9,11H2,1H3,(H,23,24)/b10-8-/t13-/m1/s1. The molecule has 1 N–H and O–H groups in total. The smallest absolute Gasteiger partial charge is 0.249 e. The maximum Gasteiger partial charge on any atom is 0.249 e. The zero-order chi connectivity index (χ0) is 17.8. The summed E-state index contributed by atoms with van der Waals surface area (Å²) in [5.41, 5.74) is 2.55. The van der Waals surface area contributed by atoms with Crippen LogP contribution in [0.4, 0.5) is 5.00 Å². The average Bonchev–Trinajstić information content (AvgIpc) is 2.96. The maximum atomic E-state index is 12.3. The predicted molar refractivity (Wildman–Crippen MR) is 104 cm³/mol. The predicted octanol–water partition coefficient (Wildman–Crippen LogP) is 5.44. The van der Waals surface area contributed by atoms with E-state index in [1.807, 2.05) is 18.2 Å². The van der Waals surface area contributed by atoms with Crippen molar-refractivity contribution in [3.8, 4) is 6.07 Å². The molecule has 0 aliphatic heterocycles. The minimum Gasteiger partial charge on any atom is -0.313 e. The first-order chi connectivity index (χ1) is 12.1. The van der Waals surface area contributed by atoms with Gasteiger partial charge in [-0.2, -0.15) is 5.26 Å². The van der Waals surface area contributed by atoms with Crippen LogP contribution in [0, 0.1) is 17.2 Å². The van der Waals surface area contributed by atoms with Gasteiger partial charge in [0.1, 0.15) is 11.1 Å². The molecule has 0 unspecified atom stereocenters. The number of hydrogen-bond acceptors (Lipinski definition) is 3. The van der Waals surface area contributed by atoms with E-state index in [1.54, 1.807) is 23.5 Å². The maximum absolute atomic E-state index is 12.3. The molecule has 1 aromatic heterocycles. The van der Waals surface area contributed by atoms with Crippen molar-refractivity contribution in [3.05, 3.63) is 56.9 Å². The molecule has 0 fully saturated rings. The Kier molecular flexibility index (Phi) is 5.57. The quantitative estimate of drug-likeness (QED) is 0.728. The van der Waals surface area contributed by atoms with E-state index in [0.717, 1.165) is 36.8 Å². The highest BCUT2D eigenvalue weighted by Crippen LogP contribution is 2.40. The molecule has 1 aliphatic carbocycles. The van der Waals surface area contributed by atoms with E-state index in [0.29, 0.717) is 21.5 Å². The highest BCUT2D eigenvalue weighted by molar-refractivity contribution is 7.16. The lowest BCUT2D eigenvalue weighted by molar-refractivity contribution is -0.111. The number of nitrogens with zero attached hydrogens (tertiary/aromatic N) is 1. The summed E-state index contributed by atoms with van der Waals surface area (Å²) in [5.74, 6) is 0.434. The van der Waals surface area contributed by atoms with E-state index in [9.17, 15) is 10.1 Å². The van der Waals surface area contributed by atoms with Gasteiger partial charge in [-0.05, 0) is 48.4 Å². The summed E-state index contributed by atoms with van der Waals surface area (Å²) in [4.78, 5) is 13.5. The average molecular weight is 371 g/mol. The monoisotopic (exact) mass is 370 g/mol. The molecule has 0 radical (unpaired) electrons. The van der Waals surface area contributed by atoms with E-state index in [2.05, 4.69) is 18.3 Å². The van der Waals surface area contributed by atoms with Crippen molar-refractivity contribution in [2.24, 2.45) is 5.92 Å². The third kappa shape index (κ3) is 3.95. The molecule has 25 heavy (non-hydrogen) atoms. The second-order valence-corrected chi connectivity index (χ2v) is 7.69. The molecule has 1 heterocycles. The number of thiophene rings is 1. The molecule has 2 aromatic rings. The molecule has 0 saturated carbocycles. The molecule has 0 spiro atoms. The number of amides is 1. The van der Waals surface area contributed by atoms with Crippen molar-refractivity contribution in [2.45, 2.75) is 32.6 Å². The fraction of sp³-hybridized carbons (Fsp3) is 0.300. The number of carbonyl (C=O) groups excluding carboxylic acids is 1. The summed E-state index contributed by atoms with van der Waals surface area (Å²) in [5, 5.41) is 13.6. The number of halogens is 1. The van der Waals surface area contributed by atoms with E-state index in [4.69, 9.17) is 11.6 Å². The summed E-state index contributed by atoms with van der Waals surface area (Å²) < 4.78 is 0. The van der Waals surface area contributed by atoms with E-state index in [-0.39, 0.29) is 5.91 Å². The minimum atomic E-state index is -0.248. The van der Waals surface area contributed by atoms with Gasteiger partial charge in [-0.3, -0.25) is 4.79 Å². The van der Waals surface area contributed by atoms with Crippen LogP contribution in [0.15, 0.2) is 30.3 Å². The normalized spacial score (nSPS) is 16.4. The zero-order valence-corrected chi connectivity index (χ0v) is 15.6. The third-order valence-electron chi connectivity index (χ3n) is 4.61. The van der Waals surface area contributed by atoms with Gasteiger partial charge < -0.3 is 5.32 Å². The van der Waals surface area contributed by atoms with Gasteiger partial charge in [0.05, 0.1) is 5.56 Å². The second kappa shape index (κ2) is 7.86. The van der Waals surface area contributed by atoms with Crippen molar-refractivity contribution in [2.75, 3.05) is 5.32 Å². The fourth-order valence-electron chi connectivity index (χ4n) is 3.14. The first kappa shape index (κ1) is 17.7. The molecule has 1 aromatic carbocycles. The Hall–Kier alpha value is -2.09. The Bertz CT molecular complexity index is 863. The third-order valence-corrected chi connectivity index (χ3v) is 6.13. The lowest BCUT2D eigenvalue weighted by Gasteiger charge is -2.20. The van der Waals surface area contributed by atoms with Gasteiger partial charge in [0.2, 0.25) is 5.91 Å². The van der Waals surface area contributed by atoms with Crippen LogP contribution in [0.3, 0.4) is 0 Å². The van der Waals surface area contributed by atoms with E-state index in [1.165, 1.54) is 11.0 Å². The summed E-state index contributed by atoms with van der Waals surface area (Å²) in [6.07, 6.45) is 7.35. The number of carbonyl (C=O) groups is 1. The van der Waals surface area contributed by atoms with Gasteiger partial charge in [0.25, 0.3) is 0 Å². The lowest BCUT2D eigenvalue weighted by atomic mass is 9.86.